The molecule has 142 valence electrons. The largest absolute Gasteiger partial charge is 0.449 e. The number of likely N-dealkylation sites (N-methyl/N-ethyl adjacent to an activating group) is 1. The third kappa shape index (κ3) is 2.47. The standard InChI is InChI=1S/C18H27N5O3/c1-10-19-14-13(22(10)9-26-16(25)18(2,3)4)15(24)21(5)17-20-11-7-6-8-12(11)23(14)17/h6-8,10-11,13-14,17,19-20H,9H2,1-5H3/t10-,11?,13?,14?,17?/m0/s1. The Bertz CT molecular complexity index is 697. The lowest BCUT2D eigenvalue weighted by atomic mass is 9.97. The number of rotatable bonds is 2. The summed E-state index contributed by atoms with van der Waals surface area (Å²) in [5.74, 6) is -0.245. The SMILES string of the molecule is C[C@H]1NC2C(C(=O)N(C)C3NC4C=CC=C4N23)N1COC(=O)C(C)(C)C. The molecule has 5 atom stereocenters. The van der Waals surface area contributed by atoms with Gasteiger partial charge in [-0.15, -0.1) is 0 Å². The molecule has 3 fully saturated rings. The molecule has 0 bridgehead atoms. The first-order valence-electron chi connectivity index (χ1n) is 9.08. The highest BCUT2D eigenvalue weighted by Gasteiger charge is 2.57. The number of carbonyl (C=O) groups excluding carboxylic acids is 2. The van der Waals surface area contributed by atoms with E-state index in [1.807, 2.05) is 45.7 Å². The van der Waals surface area contributed by atoms with Crippen molar-refractivity contribution in [2.75, 3.05) is 13.8 Å². The average Bonchev–Trinajstić information content (AvgIpc) is 3.21. The second kappa shape index (κ2) is 5.80. The third-order valence-electron chi connectivity index (χ3n) is 5.57. The highest BCUT2D eigenvalue weighted by atomic mass is 16.5. The lowest BCUT2D eigenvalue weighted by molar-refractivity contribution is -0.165. The maximum atomic E-state index is 13.1. The van der Waals surface area contributed by atoms with Crippen molar-refractivity contribution in [2.45, 2.75) is 58.4 Å². The van der Waals surface area contributed by atoms with E-state index in [1.54, 1.807) is 4.90 Å². The second-order valence-electron chi connectivity index (χ2n) is 8.41. The first kappa shape index (κ1) is 17.5. The van der Waals surface area contributed by atoms with E-state index in [2.05, 4.69) is 27.7 Å². The average molecular weight is 361 g/mol. The lowest BCUT2D eigenvalue weighted by Crippen LogP contribution is -2.68. The Kier molecular flexibility index (Phi) is 3.91. The maximum Gasteiger partial charge on any atom is 0.312 e. The van der Waals surface area contributed by atoms with Crippen molar-refractivity contribution in [1.29, 1.82) is 0 Å². The predicted octanol–water partition coefficient (Wildman–Crippen LogP) is -0.0378. The molecule has 1 aliphatic carbocycles. The number of carbonyl (C=O) groups is 2. The van der Waals surface area contributed by atoms with Gasteiger partial charge in [0.1, 0.15) is 18.9 Å². The maximum absolute atomic E-state index is 13.1. The fourth-order valence-corrected chi connectivity index (χ4v) is 4.08. The first-order valence-corrected chi connectivity index (χ1v) is 9.08. The van der Waals surface area contributed by atoms with Gasteiger partial charge < -0.3 is 14.5 Å². The molecule has 0 spiro atoms. The molecule has 0 aromatic rings. The van der Waals surface area contributed by atoms with Crippen LogP contribution in [0.25, 0.3) is 0 Å². The van der Waals surface area contributed by atoms with Crippen LogP contribution in [0.5, 0.6) is 0 Å². The second-order valence-corrected chi connectivity index (χ2v) is 8.41. The van der Waals surface area contributed by atoms with Gasteiger partial charge in [0.15, 0.2) is 6.29 Å². The molecule has 1 amide bonds. The molecule has 2 N–H and O–H groups in total. The van der Waals surface area contributed by atoms with Crippen molar-refractivity contribution in [3.05, 3.63) is 23.9 Å². The summed E-state index contributed by atoms with van der Waals surface area (Å²) in [6.45, 7) is 7.56. The number of hydrogen-bond acceptors (Lipinski definition) is 7. The van der Waals surface area contributed by atoms with Crippen molar-refractivity contribution in [3.8, 4) is 0 Å². The minimum absolute atomic E-state index is 0.0250. The quantitative estimate of drug-likeness (QED) is 0.669. The van der Waals surface area contributed by atoms with Gasteiger partial charge in [-0.25, -0.2) is 4.90 Å². The number of esters is 1. The van der Waals surface area contributed by atoms with Crippen LogP contribution in [0.15, 0.2) is 23.9 Å². The summed E-state index contributed by atoms with van der Waals surface area (Å²) >= 11 is 0. The number of allylic oxidation sites excluding steroid dienone is 2. The summed E-state index contributed by atoms with van der Waals surface area (Å²) in [6, 6.07) is -0.264. The van der Waals surface area contributed by atoms with E-state index < -0.39 is 11.5 Å². The zero-order valence-electron chi connectivity index (χ0n) is 15.9. The highest BCUT2D eigenvalue weighted by Crippen LogP contribution is 2.37. The smallest absolute Gasteiger partial charge is 0.312 e. The monoisotopic (exact) mass is 361 g/mol. The molecule has 0 aromatic carbocycles. The first-order chi connectivity index (χ1) is 12.2. The Hall–Kier alpha value is -1.90. The van der Waals surface area contributed by atoms with Gasteiger partial charge in [-0.1, -0.05) is 12.2 Å². The van der Waals surface area contributed by atoms with Gasteiger partial charge in [0, 0.05) is 12.7 Å². The van der Waals surface area contributed by atoms with Crippen molar-refractivity contribution < 1.29 is 14.3 Å². The van der Waals surface area contributed by atoms with Crippen LogP contribution in [0.4, 0.5) is 0 Å². The minimum Gasteiger partial charge on any atom is -0.449 e. The summed E-state index contributed by atoms with van der Waals surface area (Å²) in [7, 11) is 1.82. The number of fused-ring (bicyclic) bond motifs is 5. The van der Waals surface area contributed by atoms with Gasteiger partial charge in [-0.2, -0.15) is 0 Å². The number of nitrogens with one attached hydrogen (secondary N) is 2. The lowest BCUT2D eigenvalue weighted by Gasteiger charge is -2.46. The summed E-state index contributed by atoms with van der Waals surface area (Å²) < 4.78 is 5.51. The van der Waals surface area contributed by atoms with Crippen molar-refractivity contribution in [3.63, 3.8) is 0 Å². The number of ether oxygens (including phenoxy) is 1. The molecule has 3 heterocycles. The van der Waals surface area contributed by atoms with Crippen LogP contribution in [0.2, 0.25) is 0 Å². The third-order valence-corrected chi connectivity index (χ3v) is 5.57. The Labute approximate surface area is 153 Å². The molecular formula is C18H27N5O3. The van der Waals surface area contributed by atoms with Gasteiger partial charge in [0.25, 0.3) is 0 Å². The van der Waals surface area contributed by atoms with Gasteiger partial charge in [-0.05, 0) is 33.8 Å². The molecule has 4 aliphatic rings. The van der Waals surface area contributed by atoms with E-state index in [9.17, 15) is 9.59 Å². The molecule has 3 saturated heterocycles. The molecule has 4 rings (SSSR count). The van der Waals surface area contributed by atoms with Gasteiger partial charge in [-0.3, -0.25) is 20.2 Å². The molecule has 3 aliphatic heterocycles. The Balaban J connectivity index is 1.57. The molecule has 0 radical (unpaired) electrons. The molecule has 0 saturated carbocycles. The molecule has 26 heavy (non-hydrogen) atoms. The zero-order chi connectivity index (χ0) is 18.8. The van der Waals surface area contributed by atoms with E-state index in [0.717, 1.165) is 5.70 Å². The zero-order valence-corrected chi connectivity index (χ0v) is 15.9. The Morgan fingerprint density at radius 3 is 2.73 bits per heavy atom. The van der Waals surface area contributed by atoms with Crippen LogP contribution in [0.1, 0.15) is 27.7 Å². The molecule has 4 unspecified atom stereocenters. The summed E-state index contributed by atoms with van der Waals surface area (Å²) in [4.78, 5) is 31.1. The topological polar surface area (TPSA) is 77.2 Å². The number of nitrogens with zero attached hydrogens (tertiary/aromatic N) is 3. The van der Waals surface area contributed by atoms with Crippen LogP contribution in [0, 0.1) is 5.41 Å². The molecular weight excluding hydrogens is 334 g/mol. The Morgan fingerprint density at radius 2 is 2.04 bits per heavy atom. The van der Waals surface area contributed by atoms with Gasteiger partial charge >= 0.3 is 5.97 Å². The van der Waals surface area contributed by atoms with Crippen LogP contribution in [0.3, 0.4) is 0 Å². The minimum atomic E-state index is -0.569. The molecule has 0 aromatic heterocycles. The van der Waals surface area contributed by atoms with Crippen LogP contribution in [-0.4, -0.2) is 71.1 Å². The van der Waals surface area contributed by atoms with Gasteiger partial charge in [0.05, 0.1) is 17.6 Å². The van der Waals surface area contributed by atoms with Gasteiger partial charge in [0.2, 0.25) is 5.91 Å². The van der Waals surface area contributed by atoms with Crippen LogP contribution >= 0.6 is 0 Å². The van der Waals surface area contributed by atoms with E-state index in [4.69, 9.17) is 4.74 Å². The van der Waals surface area contributed by atoms with Crippen molar-refractivity contribution in [1.82, 2.24) is 25.3 Å². The summed E-state index contributed by atoms with van der Waals surface area (Å²) in [5.41, 5.74) is 0.596. The molecule has 8 nitrogen and oxygen atoms in total. The van der Waals surface area contributed by atoms with Crippen LogP contribution in [-0.2, 0) is 14.3 Å². The van der Waals surface area contributed by atoms with E-state index in [0.29, 0.717) is 0 Å². The summed E-state index contributed by atoms with van der Waals surface area (Å²) in [6.07, 6.45) is 5.82. The number of hydrogen-bond donors (Lipinski definition) is 2. The predicted molar refractivity (Wildman–Crippen MR) is 95.0 cm³/mol. The normalized spacial score (nSPS) is 36.1. The molecule has 8 heteroatoms. The van der Waals surface area contributed by atoms with E-state index in [-0.39, 0.29) is 43.3 Å². The fourth-order valence-electron chi connectivity index (χ4n) is 4.08. The van der Waals surface area contributed by atoms with Crippen molar-refractivity contribution in [2.24, 2.45) is 5.41 Å². The number of amides is 1. The summed E-state index contributed by atoms with van der Waals surface area (Å²) in [5, 5.41) is 6.99. The van der Waals surface area contributed by atoms with E-state index in [1.165, 1.54) is 0 Å². The fraction of sp³-hybridized carbons (Fsp3) is 0.667. The van der Waals surface area contributed by atoms with Crippen molar-refractivity contribution >= 4 is 11.9 Å². The Morgan fingerprint density at radius 1 is 1.31 bits per heavy atom. The van der Waals surface area contributed by atoms with E-state index >= 15 is 0 Å². The highest BCUT2D eigenvalue weighted by molar-refractivity contribution is 5.84. The van der Waals surface area contributed by atoms with Crippen LogP contribution < -0.4 is 10.6 Å².